The van der Waals surface area contributed by atoms with Gasteiger partial charge >= 0.3 is 0 Å². The Morgan fingerprint density at radius 2 is 1.83 bits per heavy atom. The molecule has 3 N–H and O–H groups in total. The number of hydrogen-bond donors (Lipinski definition) is 3. The van der Waals surface area contributed by atoms with Crippen LogP contribution >= 0.6 is 0 Å². The third-order valence-corrected chi connectivity index (χ3v) is 3.32. The highest BCUT2D eigenvalue weighted by atomic mass is 16.4. The lowest BCUT2D eigenvalue weighted by atomic mass is 10.1. The van der Waals surface area contributed by atoms with Gasteiger partial charge in [0.15, 0.2) is 5.76 Å². The zero-order chi connectivity index (χ0) is 16.8. The van der Waals surface area contributed by atoms with E-state index in [-0.39, 0.29) is 17.7 Å². The van der Waals surface area contributed by atoms with Gasteiger partial charge in [-0.3, -0.25) is 9.59 Å². The molecule has 0 saturated carbocycles. The average molecular weight is 320 g/mol. The Balaban J connectivity index is 1.79. The molecular weight excluding hydrogens is 300 g/mol. The van der Waals surface area contributed by atoms with Gasteiger partial charge in [-0.25, -0.2) is 0 Å². The summed E-state index contributed by atoms with van der Waals surface area (Å²) in [6.07, 6.45) is 2.37. The monoisotopic (exact) mass is 320 g/mol. The van der Waals surface area contributed by atoms with Gasteiger partial charge in [0.25, 0.3) is 5.91 Å². The number of aliphatic hydroxyl groups excluding tert-OH is 1. The van der Waals surface area contributed by atoms with E-state index in [1.165, 1.54) is 18.6 Å². The maximum Gasteiger partial charge on any atom is 0.287 e. The lowest BCUT2D eigenvalue weighted by Crippen LogP contribution is -2.47. The van der Waals surface area contributed by atoms with Gasteiger partial charge in [0.2, 0.25) is 5.91 Å². The van der Waals surface area contributed by atoms with Crippen LogP contribution in [0.3, 0.4) is 0 Å². The Kier molecular flexibility index (Phi) is 5.59. The quantitative estimate of drug-likeness (QED) is 0.719. The smallest absolute Gasteiger partial charge is 0.287 e. The van der Waals surface area contributed by atoms with E-state index >= 15 is 0 Å². The van der Waals surface area contributed by atoms with Crippen LogP contribution in [0.25, 0.3) is 0 Å². The van der Waals surface area contributed by atoms with Crippen LogP contribution in [0.2, 0.25) is 0 Å². The van der Waals surface area contributed by atoms with Gasteiger partial charge in [-0.2, -0.15) is 0 Å². The second kappa shape index (κ2) is 7.64. The second-order valence-corrected chi connectivity index (χ2v) is 5.35. The molecule has 3 unspecified atom stereocenters. The molecule has 23 heavy (non-hydrogen) atoms. The van der Waals surface area contributed by atoms with Crippen molar-refractivity contribution in [1.82, 2.24) is 10.6 Å². The largest absolute Gasteiger partial charge is 0.467 e. The summed E-state index contributed by atoms with van der Waals surface area (Å²) in [4.78, 5) is 23.9. The van der Waals surface area contributed by atoms with Crippen molar-refractivity contribution >= 4 is 11.8 Å². The van der Waals surface area contributed by atoms with E-state index in [9.17, 15) is 14.7 Å². The van der Waals surface area contributed by atoms with Crippen molar-refractivity contribution in [3.63, 3.8) is 0 Å². The van der Waals surface area contributed by atoms with Crippen LogP contribution in [0.15, 0.2) is 45.6 Å². The van der Waals surface area contributed by atoms with Crippen molar-refractivity contribution in [1.29, 1.82) is 0 Å². The first-order valence-corrected chi connectivity index (χ1v) is 7.33. The summed E-state index contributed by atoms with van der Waals surface area (Å²) in [6, 6.07) is 5.46. The third-order valence-electron chi connectivity index (χ3n) is 3.32. The van der Waals surface area contributed by atoms with Crippen LogP contribution in [0.4, 0.5) is 0 Å². The van der Waals surface area contributed by atoms with Gasteiger partial charge in [0, 0.05) is 12.5 Å². The minimum Gasteiger partial charge on any atom is -0.467 e. The maximum atomic E-state index is 12.1. The van der Waals surface area contributed by atoms with Gasteiger partial charge in [0.1, 0.15) is 17.9 Å². The molecule has 0 fully saturated rings. The molecule has 0 aliphatic carbocycles. The molecule has 0 aliphatic rings. The summed E-state index contributed by atoms with van der Waals surface area (Å²) in [5.74, 6) is -0.207. The minimum atomic E-state index is -0.798. The van der Waals surface area contributed by atoms with Crippen LogP contribution in [-0.4, -0.2) is 29.0 Å². The molecule has 0 radical (unpaired) electrons. The molecule has 0 aliphatic heterocycles. The summed E-state index contributed by atoms with van der Waals surface area (Å²) in [7, 11) is 0. The first-order valence-electron chi connectivity index (χ1n) is 7.33. The maximum absolute atomic E-state index is 12.1. The van der Waals surface area contributed by atoms with Crippen LogP contribution in [0.1, 0.15) is 42.7 Å². The summed E-state index contributed by atoms with van der Waals surface area (Å²) in [5.41, 5.74) is 0. The fourth-order valence-corrected chi connectivity index (χ4v) is 2.10. The Morgan fingerprint density at radius 3 is 2.43 bits per heavy atom. The van der Waals surface area contributed by atoms with Crippen LogP contribution in [0.5, 0.6) is 0 Å². The standard InChI is InChI=1S/C16H20N2O5/c1-10(9-12(19)13-5-3-7-22-13)17-15(20)11(2)18-16(21)14-6-4-8-23-14/h3-8,10-12,19H,9H2,1-2H3,(H,17,20)(H,18,21). The van der Waals surface area contributed by atoms with Crippen LogP contribution < -0.4 is 10.6 Å². The first-order chi connectivity index (χ1) is 11.0. The van der Waals surface area contributed by atoms with Crippen molar-refractivity contribution in [3.8, 4) is 0 Å². The lowest BCUT2D eigenvalue weighted by Gasteiger charge is -2.19. The number of amides is 2. The topological polar surface area (TPSA) is 105 Å². The van der Waals surface area contributed by atoms with Gasteiger partial charge in [-0.1, -0.05) is 0 Å². The van der Waals surface area contributed by atoms with Gasteiger partial charge in [-0.15, -0.1) is 0 Å². The molecule has 2 aromatic rings. The number of furan rings is 2. The van der Waals surface area contributed by atoms with Crippen LogP contribution in [-0.2, 0) is 4.79 Å². The molecule has 2 rings (SSSR count). The Labute approximate surface area is 133 Å². The second-order valence-electron chi connectivity index (χ2n) is 5.35. The van der Waals surface area contributed by atoms with E-state index in [0.29, 0.717) is 12.2 Å². The number of aliphatic hydroxyl groups is 1. The molecule has 0 spiro atoms. The number of carbonyl (C=O) groups is 2. The molecule has 124 valence electrons. The first kappa shape index (κ1) is 16.8. The molecule has 0 bridgehead atoms. The lowest BCUT2D eigenvalue weighted by molar-refractivity contribution is -0.123. The van der Waals surface area contributed by atoms with Crippen molar-refractivity contribution < 1.29 is 23.5 Å². The predicted octanol–water partition coefficient (Wildman–Crippen LogP) is 1.62. The number of nitrogens with one attached hydrogen (secondary N) is 2. The van der Waals surface area contributed by atoms with Crippen molar-refractivity contribution in [2.75, 3.05) is 0 Å². The molecule has 0 saturated heterocycles. The highest BCUT2D eigenvalue weighted by Crippen LogP contribution is 2.18. The fourth-order valence-electron chi connectivity index (χ4n) is 2.10. The normalized spacial score (nSPS) is 14.7. The zero-order valence-electron chi connectivity index (χ0n) is 13.0. The van der Waals surface area contributed by atoms with Gasteiger partial charge in [0.05, 0.1) is 12.5 Å². The molecule has 3 atom stereocenters. The molecular formula is C16H20N2O5. The van der Waals surface area contributed by atoms with Crippen molar-refractivity contribution in [2.24, 2.45) is 0 Å². The summed E-state index contributed by atoms with van der Waals surface area (Å²) < 4.78 is 10.1. The van der Waals surface area contributed by atoms with E-state index in [1.807, 2.05) is 0 Å². The van der Waals surface area contributed by atoms with E-state index in [2.05, 4.69) is 10.6 Å². The number of hydrogen-bond acceptors (Lipinski definition) is 5. The molecule has 2 aromatic heterocycles. The summed E-state index contributed by atoms with van der Waals surface area (Å²) >= 11 is 0. The van der Waals surface area contributed by atoms with Gasteiger partial charge in [-0.05, 0) is 38.1 Å². The molecule has 0 aromatic carbocycles. The van der Waals surface area contributed by atoms with Crippen LogP contribution in [0, 0.1) is 0 Å². The zero-order valence-corrected chi connectivity index (χ0v) is 13.0. The van der Waals surface area contributed by atoms with Crippen molar-refractivity contribution in [3.05, 3.63) is 48.3 Å². The Hall–Kier alpha value is -2.54. The molecule has 7 nitrogen and oxygen atoms in total. The van der Waals surface area contributed by atoms with E-state index in [0.717, 1.165) is 0 Å². The highest BCUT2D eigenvalue weighted by molar-refractivity contribution is 5.95. The van der Waals surface area contributed by atoms with E-state index in [1.54, 1.807) is 32.0 Å². The molecule has 2 amide bonds. The third kappa shape index (κ3) is 4.72. The average Bonchev–Trinajstić information content (AvgIpc) is 3.20. The Morgan fingerprint density at radius 1 is 1.13 bits per heavy atom. The SMILES string of the molecule is CC(CC(O)c1ccco1)NC(=O)C(C)NC(=O)c1ccco1. The summed E-state index contributed by atoms with van der Waals surface area (Å²) in [5, 5.41) is 15.3. The fraction of sp³-hybridized carbons (Fsp3) is 0.375. The molecule has 2 heterocycles. The number of rotatable bonds is 7. The van der Waals surface area contributed by atoms with Crippen molar-refractivity contribution in [2.45, 2.75) is 38.5 Å². The summed E-state index contributed by atoms with van der Waals surface area (Å²) in [6.45, 7) is 3.34. The Bertz CT molecular complexity index is 621. The van der Waals surface area contributed by atoms with E-state index in [4.69, 9.17) is 8.83 Å². The van der Waals surface area contributed by atoms with E-state index < -0.39 is 18.1 Å². The molecule has 7 heteroatoms. The predicted molar refractivity (Wildman–Crippen MR) is 81.5 cm³/mol. The highest BCUT2D eigenvalue weighted by Gasteiger charge is 2.21. The van der Waals surface area contributed by atoms with Gasteiger partial charge < -0.3 is 24.6 Å². The number of carbonyl (C=O) groups excluding carboxylic acids is 2. The minimum absolute atomic E-state index is 0.144.